The molecule has 5 heteroatoms. The molecule has 0 aliphatic rings. The maximum absolute atomic E-state index is 12.3. The Labute approximate surface area is 149 Å². The number of carbonyl (C=O) groups excluding carboxylic acids is 1. The van der Waals surface area contributed by atoms with E-state index >= 15 is 0 Å². The molecule has 4 nitrogen and oxygen atoms in total. The number of aryl methyl sites for hydroxylation is 1. The zero-order valence-electron chi connectivity index (χ0n) is 13.1. The molecular weight excluding hydrogens is 366 g/mol. The molecule has 1 aromatic heterocycles. The third-order valence-electron chi connectivity index (χ3n) is 3.48. The van der Waals surface area contributed by atoms with Gasteiger partial charge in [-0.3, -0.25) is 4.79 Å². The van der Waals surface area contributed by atoms with E-state index in [-0.39, 0.29) is 5.91 Å². The van der Waals surface area contributed by atoms with Crippen LogP contribution in [0.25, 0.3) is 0 Å². The van der Waals surface area contributed by atoms with Gasteiger partial charge in [0.25, 0.3) is 5.91 Å². The largest absolute Gasteiger partial charge is 0.340 e. The van der Waals surface area contributed by atoms with E-state index in [0.717, 1.165) is 21.4 Å². The molecule has 0 bridgehead atoms. The number of nitrogens with zero attached hydrogens (tertiary/aromatic N) is 1. The number of nitrogens with one attached hydrogen (secondary N) is 2. The Kier molecular flexibility index (Phi) is 4.91. The highest BCUT2D eigenvalue weighted by Gasteiger charge is 2.08. The van der Waals surface area contributed by atoms with E-state index in [4.69, 9.17) is 0 Å². The van der Waals surface area contributed by atoms with Crippen LogP contribution >= 0.6 is 15.9 Å². The highest BCUT2D eigenvalue weighted by atomic mass is 79.9. The van der Waals surface area contributed by atoms with Crippen LogP contribution in [0.3, 0.4) is 0 Å². The summed E-state index contributed by atoms with van der Waals surface area (Å²) in [4.78, 5) is 16.6. The van der Waals surface area contributed by atoms with Crippen molar-refractivity contribution in [3.63, 3.8) is 0 Å². The molecule has 0 spiro atoms. The van der Waals surface area contributed by atoms with Crippen molar-refractivity contribution in [3.05, 3.63) is 82.5 Å². The second-order valence-electron chi connectivity index (χ2n) is 5.34. The van der Waals surface area contributed by atoms with Crippen molar-refractivity contribution >= 4 is 39.0 Å². The third-order valence-corrected chi connectivity index (χ3v) is 4.37. The van der Waals surface area contributed by atoms with Crippen LogP contribution in [0.15, 0.2) is 71.3 Å². The van der Waals surface area contributed by atoms with Crippen LogP contribution in [0, 0.1) is 6.92 Å². The molecule has 24 heavy (non-hydrogen) atoms. The maximum atomic E-state index is 12.3. The Balaban J connectivity index is 1.76. The molecule has 2 N–H and O–H groups in total. The van der Waals surface area contributed by atoms with Gasteiger partial charge in [0.1, 0.15) is 5.82 Å². The summed E-state index contributed by atoms with van der Waals surface area (Å²) in [6.45, 7) is 2.02. The summed E-state index contributed by atoms with van der Waals surface area (Å²) < 4.78 is 1.05. The van der Waals surface area contributed by atoms with Gasteiger partial charge < -0.3 is 10.6 Å². The number of halogens is 1. The lowest BCUT2D eigenvalue weighted by Crippen LogP contribution is -2.12. The minimum Gasteiger partial charge on any atom is -0.340 e. The Bertz CT molecular complexity index is 865. The summed E-state index contributed by atoms with van der Waals surface area (Å²) in [5, 5.41) is 6.08. The molecule has 3 aromatic rings. The van der Waals surface area contributed by atoms with E-state index in [1.54, 1.807) is 18.3 Å². The average molecular weight is 382 g/mol. The van der Waals surface area contributed by atoms with Crippen molar-refractivity contribution in [1.82, 2.24) is 4.98 Å². The molecule has 2 aromatic carbocycles. The van der Waals surface area contributed by atoms with E-state index in [0.29, 0.717) is 11.4 Å². The highest BCUT2D eigenvalue weighted by Crippen LogP contribution is 2.22. The number of aromatic nitrogens is 1. The van der Waals surface area contributed by atoms with Crippen LogP contribution in [0.2, 0.25) is 0 Å². The van der Waals surface area contributed by atoms with E-state index in [1.807, 2.05) is 55.5 Å². The first-order chi connectivity index (χ1) is 11.6. The fourth-order valence-electron chi connectivity index (χ4n) is 2.24. The molecule has 0 fully saturated rings. The molecule has 1 amide bonds. The van der Waals surface area contributed by atoms with Gasteiger partial charge in [0.15, 0.2) is 0 Å². The number of rotatable bonds is 4. The van der Waals surface area contributed by atoms with Crippen LogP contribution < -0.4 is 10.6 Å². The molecule has 0 radical (unpaired) electrons. The van der Waals surface area contributed by atoms with E-state index < -0.39 is 0 Å². The van der Waals surface area contributed by atoms with Gasteiger partial charge in [-0.25, -0.2) is 4.98 Å². The van der Waals surface area contributed by atoms with Gasteiger partial charge in [0, 0.05) is 27.6 Å². The summed E-state index contributed by atoms with van der Waals surface area (Å²) in [5.41, 5.74) is 3.35. The molecule has 0 aliphatic carbocycles. The van der Waals surface area contributed by atoms with Gasteiger partial charge in [-0.2, -0.15) is 0 Å². The second-order valence-corrected chi connectivity index (χ2v) is 6.19. The molecule has 0 saturated heterocycles. The van der Waals surface area contributed by atoms with Crippen LogP contribution in [0.1, 0.15) is 15.9 Å². The van der Waals surface area contributed by atoms with Gasteiger partial charge in [-0.05, 0) is 55.0 Å². The lowest BCUT2D eigenvalue weighted by molar-refractivity contribution is 0.102. The van der Waals surface area contributed by atoms with E-state index in [1.165, 1.54) is 0 Å². The predicted molar refractivity (Wildman–Crippen MR) is 101 cm³/mol. The number of hydrogen-bond donors (Lipinski definition) is 2. The number of pyridine rings is 1. The fraction of sp³-hybridized carbons (Fsp3) is 0.0526. The Morgan fingerprint density at radius 1 is 1.00 bits per heavy atom. The van der Waals surface area contributed by atoms with Gasteiger partial charge in [-0.15, -0.1) is 0 Å². The minimum absolute atomic E-state index is 0.168. The van der Waals surface area contributed by atoms with Crippen molar-refractivity contribution in [2.24, 2.45) is 0 Å². The SMILES string of the molecule is Cc1cc(Nc2cc(C(=O)Nc3ccccc3)ccn2)ccc1Br. The number of hydrogen-bond acceptors (Lipinski definition) is 3. The summed E-state index contributed by atoms with van der Waals surface area (Å²) in [5.74, 6) is 0.455. The van der Waals surface area contributed by atoms with Crippen molar-refractivity contribution < 1.29 is 4.79 Å². The fourth-order valence-corrected chi connectivity index (χ4v) is 2.48. The Morgan fingerprint density at radius 3 is 2.54 bits per heavy atom. The summed E-state index contributed by atoms with van der Waals surface area (Å²) in [7, 11) is 0. The smallest absolute Gasteiger partial charge is 0.255 e. The zero-order valence-corrected chi connectivity index (χ0v) is 14.7. The van der Waals surface area contributed by atoms with Crippen LogP contribution in [0.4, 0.5) is 17.2 Å². The highest BCUT2D eigenvalue weighted by molar-refractivity contribution is 9.10. The number of benzene rings is 2. The maximum Gasteiger partial charge on any atom is 0.255 e. The van der Waals surface area contributed by atoms with Crippen molar-refractivity contribution in [1.29, 1.82) is 0 Å². The van der Waals surface area contributed by atoms with Crippen LogP contribution in [-0.2, 0) is 0 Å². The molecule has 1 heterocycles. The lowest BCUT2D eigenvalue weighted by atomic mass is 10.2. The Hall–Kier alpha value is -2.66. The molecule has 3 rings (SSSR count). The third kappa shape index (κ3) is 4.00. The van der Waals surface area contributed by atoms with Crippen molar-refractivity contribution in [3.8, 4) is 0 Å². The molecule has 120 valence electrons. The number of anilines is 3. The molecule has 0 atom stereocenters. The van der Waals surface area contributed by atoms with Gasteiger partial charge in [0.05, 0.1) is 0 Å². The number of carbonyl (C=O) groups is 1. The van der Waals surface area contributed by atoms with E-state index in [2.05, 4.69) is 31.5 Å². The van der Waals surface area contributed by atoms with Gasteiger partial charge in [-0.1, -0.05) is 34.1 Å². The lowest BCUT2D eigenvalue weighted by Gasteiger charge is -2.09. The van der Waals surface area contributed by atoms with Crippen molar-refractivity contribution in [2.75, 3.05) is 10.6 Å². The quantitative estimate of drug-likeness (QED) is 0.656. The average Bonchev–Trinajstić information content (AvgIpc) is 2.59. The summed E-state index contributed by atoms with van der Waals surface area (Å²) >= 11 is 3.48. The predicted octanol–water partition coefficient (Wildman–Crippen LogP) is 5.15. The van der Waals surface area contributed by atoms with Crippen molar-refractivity contribution in [2.45, 2.75) is 6.92 Å². The van der Waals surface area contributed by atoms with Crippen LogP contribution in [-0.4, -0.2) is 10.9 Å². The summed E-state index contributed by atoms with van der Waals surface area (Å²) in [6, 6.07) is 18.7. The summed E-state index contributed by atoms with van der Waals surface area (Å²) in [6.07, 6.45) is 1.62. The normalized spacial score (nSPS) is 10.2. The Morgan fingerprint density at radius 2 is 1.79 bits per heavy atom. The number of amides is 1. The van der Waals surface area contributed by atoms with Gasteiger partial charge >= 0.3 is 0 Å². The van der Waals surface area contributed by atoms with Crippen LogP contribution in [0.5, 0.6) is 0 Å². The first-order valence-corrected chi connectivity index (χ1v) is 8.27. The number of para-hydroxylation sites is 1. The second kappa shape index (κ2) is 7.27. The van der Waals surface area contributed by atoms with E-state index in [9.17, 15) is 4.79 Å². The standard InChI is InChI=1S/C19H16BrN3O/c1-13-11-16(7-8-17(13)20)22-18-12-14(9-10-21-18)19(24)23-15-5-3-2-4-6-15/h2-12H,1H3,(H,21,22)(H,23,24). The first kappa shape index (κ1) is 16.2. The molecule has 0 saturated carbocycles. The zero-order chi connectivity index (χ0) is 16.9. The monoisotopic (exact) mass is 381 g/mol. The molecule has 0 unspecified atom stereocenters. The minimum atomic E-state index is -0.168. The molecular formula is C19H16BrN3O. The molecule has 0 aliphatic heterocycles. The topological polar surface area (TPSA) is 54.0 Å². The first-order valence-electron chi connectivity index (χ1n) is 7.47. The van der Waals surface area contributed by atoms with Gasteiger partial charge in [0.2, 0.25) is 0 Å².